The SMILES string of the molecule is CC(c1cnc2ccccc2n1)C1CCNCC1. The number of hydrogen-bond acceptors (Lipinski definition) is 3. The summed E-state index contributed by atoms with van der Waals surface area (Å²) in [7, 11) is 0. The maximum absolute atomic E-state index is 4.77. The van der Waals surface area contributed by atoms with Crippen LogP contribution in [-0.4, -0.2) is 23.1 Å². The molecule has 1 aliphatic heterocycles. The topological polar surface area (TPSA) is 37.8 Å². The number of rotatable bonds is 2. The van der Waals surface area contributed by atoms with Crippen LogP contribution in [-0.2, 0) is 0 Å². The number of nitrogens with one attached hydrogen (secondary N) is 1. The van der Waals surface area contributed by atoms with Crippen LogP contribution in [0.2, 0.25) is 0 Å². The Labute approximate surface area is 108 Å². The maximum atomic E-state index is 4.77. The molecule has 1 unspecified atom stereocenters. The number of piperidine rings is 1. The first kappa shape index (κ1) is 11.6. The smallest absolute Gasteiger partial charge is 0.0890 e. The summed E-state index contributed by atoms with van der Waals surface area (Å²) in [6.07, 6.45) is 4.44. The first-order chi connectivity index (χ1) is 8.84. The number of aromatic nitrogens is 2. The standard InChI is InChI=1S/C15H19N3/c1-11(12-6-8-16-9-7-12)15-10-17-13-4-2-3-5-14(13)18-15/h2-5,10-12,16H,6-9H2,1H3. The van der Waals surface area contributed by atoms with Crippen molar-refractivity contribution in [1.82, 2.24) is 15.3 Å². The monoisotopic (exact) mass is 241 g/mol. The van der Waals surface area contributed by atoms with Crippen molar-refractivity contribution in [3.8, 4) is 0 Å². The summed E-state index contributed by atoms with van der Waals surface area (Å²) in [6.45, 7) is 4.56. The lowest BCUT2D eigenvalue weighted by Crippen LogP contribution is -2.30. The van der Waals surface area contributed by atoms with Gasteiger partial charge in [0.1, 0.15) is 0 Å². The molecule has 3 rings (SSSR count). The zero-order chi connectivity index (χ0) is 12.4. The van der Waals surface area contributed by atoms with Gasteiger partial charge in [0.25, 0.3) is 0 Å². The van der Waals surface area contributed by atoms with Crippen molar-refractivity contribution in [2.45, 2.75) is 25.7 Å². The Hall–Kier alpha value is -1.48. The molecule has 2 heterocycles. The first-order valence-corrected chi connectivity index (χ1v) is 6.77. The molecule has 2 aromatic rings. The van der Waals surface area contributed by atoms with Crippen LogP contribution in [0.15, 0.2) is 30.5 Å². The number of hydrogen-bond donors (Lipinski definition) is 1. The lowest BCUT2D eigenvalue weighted by molar-refractivity contribution is 0.327. The highest BCUT2D eigenvalue weighted by atomic mass is 14.9. The fourth-order valence-electron chi connectivity index (χ4n) is 2.78. The van der Waals surface area contributed by atoms with E-state index in [9.17, 15) is 0 Å². The van der Waals surface area contributed by atoms with Crippen LogP contribution < -0.4 is 5.32 Å². The minimum absolute atomic E-state index is 0.504. The van der Waals surface area contributed by atoms with E-state index in [4.69, 9.17) is 4.98 Å². The van der Waals surface area contributed by atoms with E-state index in [2.05, 4.69) is 17.2 Å². The van der Waals surface area contributed by atoms with E-state index in [0.717, 1.165) is 35.7 Å². The molecule has 3 nitrogen and oxygen atoms in total. The van der Waals surface area contributed by atoms with E-state index in [-0.39, 0.29) is 0 Å². The van der Waals surface area contributed by atoms with Crippen molar-refractivity contribution >= 4 is 11.0 Å². The minimum atomic E-state index is 0.504. The van der Waals surface area contributed by atoms with Crippen molar-refractivity contribution < 1.29 is 0 Å². The Balaban J connectivity index is 1.88. The van der Waals surface area contributed by atoms with Gasteiger partial charge in [-0.05, 0) is 44.0 Å². The van der Waals surface area contributed by atoms with Crippen LogP contribution in [0.4, 0.5) is 0 Å². The second-order valence-electron chi connectivity index (χ2n) is 5.16. The first-order valence-electron chi connectivity index (χ1n) is 6.77. The molecule has 0 aliphatic carbocycles. The number of nitrogens with zero attached hydrogens (tertiary/aromatic N) is 2. The van der Waals surface area contributed by atoms with Crippen LogP contribution in [0.3, 0.4) is 0 Å². The molecule has 0 saturated carbocycles. The van der Waals surface area contributed by atoms with Crippen LogP contribution in [0, 0.1) is 5.92 Å². The van der Waals surface area contributed by atoms with Crippen LogP contribution in [0.1, 0.15) is 31.4 Å². The molecule has 18 heavy (non-hydrogen) atoms. The van der Waals surface area contributed by atoms with Crippen LogP contribution in [0.5, 0.6) is 0 Å². The fourth-order valence-corrected chi connectivity index (χ4v) is 2.78. The highest BCUT2D eigenvalue weighted by Crippen LogP contribution is 2.29. The van der Waals surface area contributed by atoms with Gasteiger partial charge in [-0.25, -0.2) is 4.98 Å². The Morgan fingerprint density at radius 2 is 1.89 bits per heavy atom. The summed E-state index contributed by atoms with van der Waals surface area (Å²) in [5, 5.41) is 3.41. The van der Waals surface area contributed by atoms with E-state index in [0.29, 0.717) is 5.92 Å². The van der Waals surface area contributed by atoms with Gasteiger partial charge in [0.05, 0.1) is 16.7 Å². The fraction of sp³-hybridized carbons (Fsp3) is 0.467. The Morgan fingerprint density at radius 3 is 2.67 bits per heavy atom. The van der Waals surface area contributed by atoms with Gasteiger partial charge < -0.3 is 5.32 Å². The van der Waals surface area contributed by atoms with Crippen molar-refractivity contribution in [2.75, 3.05) is 13.1 Å². The number of benzene rings is 1. The second kappa shape index (κ2) is 5.02. The van der Waals surface area contributed by atoms with E-state index < -0.39 is 0 Å². The molecule has 1 aromatic carbocycles. The van der Waals surface area contributed by atoms with Crippen LogP contribution >= 0.6 is 0 Å². The third-order valence-corrected chi connectivity index (χ3v) is 4.02. The summed E-state index contributed by atoms with van der Waals surface area (Å²) in [5.41, 5.74) is 3.13. The predicted molar refractivity (Wildman–Crippen MR) is 73.5 cm³/mol. The molecule has 3 heteroatoms. The molecule has 0 spiro atoms. The highest BCUT2D eigenvalue weighted by molar-refractivity contribution is 5.73. The van der Waals surface area contributed by atoms with E-state index in [1.165, 1.54) is 12.8 Å². The molecule has 0 amide bonds. The molecule has 1 aromatic heterocycles. The quantitative estimate of drug-likeness (QED) is 0.878. The average molecular weight is 241 g/mol. The van der Waals surface area contributed by atoms with Crippen molar-refractivity contribution in [2.24, 2.45) is 5.92 Å². The molecule has 1 fully saturated rings. The Bertz CT molecular complexity index is 532. The Kier molecular flexibility index (Phi) is 3.24. The van der Waals surface area contributed by atoms with Gasteiger partial charge in [-0.2, -0.15) is 0 Å². The maximum Gasteiger partial charge on any atom is 0.0890 e. The average Bonchev–Trinajstić information content (AvgIpc) is 2.47. The molecular weight excluding hydrogens is 222 g/mol. The number of fused-ring (bicyclic) bond motifs is 1. The third-order valence-electron chi connectivity index (χ3n) is 4.02. The van der Waals surface area contributed by atoms with Gasteiger partial charge in [0, 0.05) is 12.1 Å². The summed E-state index contributed by atoms with van der Waals surface area (Å²) in [6, 6.07) is 8.09. The summed E-state index contributed by atoms with van der Waals surface area (Å²) in [5.74, 6) is 1.24. The molecule has 1 saturated heterocycles. The summed E-state index contributed by atoms with van der Waals surface area (Å²) >= 11 is 0. The van der Waals surface area contributed by atoms with Crippen LogP contribution in [0.25, 0.3) is 11.0 Å². The molecule has 0 bridgehead atoms. The van der Waals surface area contributed by atoms with Gasteiger partial charge in [0.15, 0.2) is 0 Å². The Morgan fingerprint density at radius 1 is 1.17 bits per heavy atom. The molecule has 0 radical (unpaired) electrons. The van der Waals surface area contributed by atoms with Gasteiger partial charge >= 0.3 is 0 Å². The molecule has 94 valence electrons. The zero-order valence-corrected chi connectivity index (χ0v) is 10.8. The van der Waals surface area contributed by atoms with Crippen molar-refractivity contribution in [3.05, 3.63) is 36.2 Å². The summed E-state index contributed by atoms with van der Waals surface area (Å²) in [4.78, 5) is 9.29. The highest BCUT2D eigenvalue weighted by Gasteiger charge is 2.22. The predicted octanol–water partition coefficient (Wildman–Crippen LogP) is 2.73. The van der Waals surface area contributed by atoms with Crippen molar-refractivity contribution in [1.29, 1.82) is 0 Å². The van der Waals surface area contributed by atoms with Gasteiger partial charge in [0.2, 0.25) is 0 Å². The molecule has 1 atom stereocenters. The van der Waals surface area contributed by atoms with E-state index in [1.807, 2.05) is 30.5 Å². The summed E-state index contributed by atoms with van der Waals surface area (Å²) < 4.78 is 0. The third kappa shape index (κ3) is 2.23. The molecule has 1 N–H and O–H groups in total. The van der Waals surface area contributed by atoms with Gasteiger partial charge in [-0.1, -0.05) is 19.1 Å². The molecule has 1 aliphatic rings. The lowest BCUT2D eigenvalue weighted by Gasteiger charge is -2.27. The van der Waals surface area contributed by atoms with Crippen molar-refractivity contribution in [3.63, 3.8) is 0 Å². The normalized spacial score (nSPS) is 18.9. The molecular formula is C15H19N3. The lowest BCUT2D eigenvalue weighted by atomic mass is 9.84. The van der Waals surface area contributed by atoms with Gasteiger partial charge in [-0.15, -0.1) is 0 Å². The second-order valence-corrected chi connectivity index (χ2v) is 5.16. The number of para-hydroxylation sites is 2. The van der Waals surface area contributed by atoms with E-state index in [1.54, 1.807) is 0 Å². The van der Waals surface area contributed by atoms with E-state index >= 15 is 0 Å². The minimum Gasteiger partial charge on any atom is -0.317 e. The van der Waals surface area contributed by atoms with Gasteiger partial charge in [-0.3, -0.25) is 4.98 Å². The zero-order valence-electron chi connectivity index (χ0n) is 10.8. The largest absolute Gasteiger partial charge is 0.317 e.